The SMILES string of the molecule is NCCn1cc(C(=O)Cc2ccc(Cl)s2)nn1. The van der Waals surface area contributed by atoms with Crippen molar-refractivity contribution < 1.29 is 4.79 Å². The third-order valence-corrected chi connectivity index (χ3v) is 3.38. The van der Waals surface area contributed by atoms with Gasteiger partial charge in [0.2, 0.25) is 0 Å². The second-order valence-electron chi connectivity index (χ2n) is 3.46. The molecule has 2 N–H and O–H groups in total. The number of thiophene rings is 1. The van der Waals surface area contributed by atoms with Crippen LogP contribution in [0.25, 0.3) is 0 Å². The van der Waals surface area contributed by atoms with E-state index in [0.717, 1.165) is 4.88 Å². The number of rotatable bonds is 5. The molecule has 0 unspecified atom stereocenters. The Morgan fingerprint density at radius 1 is 1.53 bits per heavy atom. The summed E-state index contributed by atoms with van der Waals surface area (Å²) >= 11 is 7.19. The van der Waals surface area contributed by atoms with Gasteiger partial charge in [-0.2, -0.15) is 0 Å². The number of nitrogens with two attached hydrogens (primary N) is 1. The molecule has 0 bridgehead atoms. The van der Waals surface area contributed by atoms with E-state index in [-0.39, 0.29) is 5.78 Å². The number of aromatic nitrogens is 3. The minimum Gasteiger partial charge on any atom is -0.329 e. The summed E-state index contributed by atoms with van der Waals surface area (Å²) in [6.45, 7) is 1.03. The van der Waals surface area contributed by atoms with Gasteiger partial charge in [0, 0.05) is 17.8 Å². The molecule has 7 heteroatoms. The molecule has 0 fully saturated rings. The summed E-state index contributed by atoms with van der Waals surface area (Å²) in [6, 6.07) is 3.62. The number of hydrogen-bond donors (Lipinski definition) is 1. The molecule has 0 spiro atoms. The Morgan fingerprint density at radius 2 is 2.35 bits per heavy atom. The predicted octanol–water partition coefficient (Wildman–Crippen LogP) is 1.38. The topological polar surface area (TPSA) is 73.8 Å². The van der Waals surface area contributed by atoms with Crippen LogP contribution in [-0.2, 0) is 13.0 Å². The smallest absolute Gasteiger partial charge is 0.189 e. The van der Waals surface area contributed by atoms with Crippen LogP contribution in [-0.4, -0.2) is 27.3 Å². The van der Waals surface area contributed by atoms with E-state index in [9.17, 15) is 4.79 Å². The molecule has 17 heavy (non-hydrogen) atoms. The summed E-state index contributed by atoms with van der Waals surface area (Å²) in [5.41, 5.74) is 5.75. The maximum Gasteiger partial charge on any atom is 0.189 e. The van der Waals surface area contributed by atoms with Crippen molar-refractivity contribution >= 4 is 28.7 Å². The van der Waals surface area contributed by atoms with E-state index in [4.69, 9.17) is 17.3 Å². The summed E-state index contributed by atoms with van der Waals surface area (Å²) in [7, 11) is 0. The predicted molar refractivity (Wildman–Crippen MR) is 66.4 cm³/mol. The van der Waals surface area contributed by atoms with Crippen LogP contribution in [0.3, 0.4) is 0 Å². The standard InChI is InChI=1S/C10H11ClN4OS/c11-10-2-1-7(17-10)5-9(16)8-6-15(4-3-12)14-13-8/h1-2,6H,3-5,12H2. The highest BCUT2D eigenvalue weighted by Gasteiger charge is 2.12. The third-order valence-electron chi connectivity index (χ3n) is 2.15. The monoisotopic (exact) mass is 270 g/mol. The number of halogens is 1. The first-order chi connectivity index (χ1) is 8.19. The molecule has 0 radical (unpaired) electrons. The lowest BCUT2D eigenvalue weighted by Crippen LogP contribution is -2.10. The van der Waals surface area contributed by atoms with Crippen molar-refractivity contribution in [3.05, 3.63) is 33.2 Å². The van der Waals surface area contributed by atoms with Gasteiger partial charge in [-0.3, -0.25) is 9.48 Å². The summed E-state index contributed by atoms with van der Waals surface area (Å²) in [5, 5.41) is 7.63. The van der Waals surface area contributed by atoms with Crippen LogP contribution in [0.4, 0.5) is 0 Å². The van der Waals surface area contributed by atoms with Crippen molar-refractivity contribution in [1.82, 2.24) is 15.0 Å². The Labute approximate surface area is 107 Å². The second-order valence-corrected chi connectivity index (χ2v) is 5.26. The Bertz CT molecular complexity index is 522. The summed E-state index contributed by atoms with van der Waals surface area (Å²) < 4.78 is 2.24. The van der Waals surface area contributed by atoms with Crippen LogP contribution in [0, 0.1) is 0 Å². The highest BCUT2D eigenvalue weighted by atomic mass is 35.5. The summed E-state index contributed by atoms with van der Waals surface area (Å²) in [6.07, 6.45) is 1.92. The normalized spacial score (nSPS) is 10.7. The van der Waals surface area contributed by atoms with E-state index in [2.05, 4.69) is 10.3 Å². The van der Waals surface area contributed by atoms with Gasteiger partial charge in [0.05, 0.1) is 17.1 Å². The lowest BCUT2D eigenvalue weighted by molar-refractivity contribution is 0.0989. The van der Waals surface area contributed by atoms with Crippen LogP contribution < -0.4 is 5.73 Å². The molecule has 0 saturated heterocycles. The van der Waals surface area contributed by atoms with E-state index in [1.54, 1.807) is 16.9 Å². The van der Waals surface area contributed by atoms with Gasteiger partial charge in [-0.1, -0.05) is 16.8 Å². The van der Waals surface area contributed by atoms with Crippen molar-refractivity contribution in [2.24, 2.45) is 5.73 Å². The molecule has 0 aliphatic rings. The van der Waals surface area contributed by atoms with E-state index < -0.39 is 0 Å². The van der Waals surface area contributed by atoms with E-state index in [1.165, 1.54) is 11.3 Å². The van der Waals surface area contributed by atoms with Crippen molar-refractivity contribution in [3.63, 3.8) is 0 Å². The second kappa shape index (κ2) is 5.39. The number of carbonyl (C=O) groups is 1. The van der Waals surface area contributed by atoms with Crippen LogP contribution in [0.1, 0.15) is 15.4 Å². The number of Topliss-reactive ketones (excluding diaryl/α,β-unsaturated/α-hetero) is 1. The first-order valence-corrected chi connectivity index (χ1v) is 6.26. The Morgan fingerprint density at radius 3 is 3.00 bits per heavy atom. The Hall–Kier alpha value is -1.24. The van der Waals surface area contributed by atoms with Gasteiger partial charge in [0.15, 0.2) is 5.78 Å². The molecule has 0 amide bonds. The van der Waals surface area contributed by atoms with Gasteiger partial charge in [0.25, 0.3) is 0 Å². The van der Waals surface area contributed by atoms with Crippen LogP contribution >= 0.6 is 22.9 Å². The van der Waals surface area contributed by atoms with Gasteiger partial charge in [-0.05, 0) is 12.1 Å². The minimum absolute atomic E-state index is 0.0632. The van der Waals surface area contributed by atoms with Crippen molar-refractivity contribution in [2.45, 2.75) is 13.0 Å². The first-order valence-electron chi connectivity index (χ1n) is 5.06. The van der Waals surface area contributed by atoms with E-state index in [1.807, 2.05) is 6.07 Å². The quantitative estimate of drug-likeness (QED) is 0.833. The van der Waals surface area contributed by atoms with Crippen molar-refractivity contribution in [3.8, 4) is 0 Å². The number of nitrogens with zero attached hydrogens (tertiary/aromatic N) is 3. The maximum atomic E-state index is 11.9. The van der Waals surface area contributed by atoms with Crippen molar-refractivity contribution in [1.29, 1.82) is 0 Å². The highest BCUT2D eigenvalue weighted by Crippen LogP contribution is 2.22. The maximum absolute atomic E-state index is 11.9. The molecule has 0 atom stereocenters. The van der Waals surface area contributed by atoms with Gasteiger partial charge in [0.1, 0.15) is 5.69 Å². The lowest BCUT2D eigenvalue weighted by Gasteiger charge is -1.94. The molecule has 2 aromatic rings. The fourth-order valence-electron chi connectivity index (χ4n) is 1.36. The van der Waals surface area contributed by atoms with Crippen LogP contribution in [0.2, 0.25) is 4.34 Å². The number of hydrogen-bond acceptors (Lipinski definition) is 5. The van der Waals surface area contributed by atoms with Crippen LogP contribution in [0.15, 0.2) is 18.3 Å². The molecule has 2 rings (SSSR count). The molecular formula is C10H11ClN4OS. The molecule has 0 aromatic carbocycles. The van der Waals surface area contributed by atoms with Crippen LogP contribution in [0.5, 0.6) is 0 Å². The molecule has 0 saturated carbocycles. The molecule has 0 aliphatic carbocycles. The molecule has 2 aromatic heterocycles. The molecule has 5 nitrogen and oxygen atoms in total. The van der Waals surface area contributed by atoms with Gasteiger partial charge in [-0.15, -0.1) is 16.4 Å². The fraction of sp³-hybridized carbons (Fsp3) is 0.300. The summed E-state index contributed by atoms with van der Waals surface area (Å²) in [4.78, 5) is 12.8. The largest absolute Gasteiger partial charge is 0.329 e. The average molecular weight is 271 g/mol. The fourth-order valence-corrected chi connectivity index (χ4v) is 2.45. The van der Waals surface area contributed by atoms with Crippen molar-refractivity contribution in [2.75, 3.05) is 6.54 Å². The van der Waals surface area contributed by atoms with E-state index in [0.29, 0.717) is 29.5 Å². The summed E-state index contributed by atoms with van der Waals surface area (Å²) in [5.74, 6) is -0.0632. The Balaban J connectivity index is 2.03. The zero-order valence-electron chi connectivity index (χ0n) is 8.97. The highest BCUT2D eigenvalue weighted by molar-refractivity contribution is 7.16. The molecule has 90 valence electrons. The molecular weight excluding hydrogens is 260 g/mol. The van der Waals surface area contributed by atoms with Gasteiger partial charge in [-0.25, -0.2) is 0 Å². The first kappa shape index (κ1) is 12.2. The molecule has 2 heterocycles. The third kappa shape index (κ3) is 3.12. The van der Waals surface area contributed by atoms with Gasteiger partial charge < -0.3 is 5.73 Å². The number of ketones is 1. The van der Waals surface area contributed by atoms with Gasteiger partial charge >= 0.3 is 0 Å². The average Bonchev–Trinajstić information content (AvgIpc) is 2.88. The molecule has 0 aliphatic heterocycles. The zero-order chi connectivity index (χ0) is 12.3. The minimum atomic E-state index is -0.0632. The lowest BCUT2D eigenvalue weighted by atomic mass is 10.2. The zero-order valence-corrected chi connectivity index (χ0v) is 10.5. The van der Waals surface area contributed by atoms with E-state index >= 15 is 0 Å². The number of carbonyl (C=O) groups excluding carboxylic acids is 1. The Kier molecular flexibility index (Phi) is 3.88.